The molecule has 1 atom stereocenters. The summed E-state index contributed by atoms with van der Waals surface area (Å²) in [5.74, 6) is 0. The summed E-state index contributed by atoms with van der Waals surface area (Å²) in [5, 5.41) is 0. The van der Waals surface area contributed by atoms with E-state index in [-0.39, 0.29) is 12.1 Å². The van der Waals surface area contributed by atoms with Crippen molar-refractivity contribution in [2.75, 3.05) is 18.0 Å². The molecule has 3 aromatic rings. The molecule has 1 aliphatic rings. The van der Waals surface area contributed by atoms with Crippen molar-refractivity contribution in [3.05, 3.63) is 78.1 Å². The Morgan fingerprint density at radius 2 is 1.53 bits per heavy atom. The Balaban J connectivity index is 1.54. The molecule has 1 aliphatic heterocycles. The Morgan fingerprint density at radius 1 is 0.967 bits per heavy atom. The number of piperidine rings is 1. The number of aromatic nitrogens is 2. The van der Waals surface area contributed by atoms with Gasteiger partial charge in [0.2, 0.25) is 0 Å². The van der Waals surface area contributed by atoms with Gasteiger partial charge in [0.25, 0.3) is 0 Å². The van der Waals surface area contributed by atoms with Crippen LogP contribution in [0.25, 0.3) is 0 Å². The van der Waals surface area contributed by atoms with Crippen molar-refractivity contribution in [2.45, 2.75) is 32.8 Å². The fourth-order valence-corrected chi connectivity index (χ4v) is 3.77. The predicted molar refractivity (Wildman–Crippen MR) is 117 cm³/mol. The largest absolute Gasteiger partial charge is 0.458 e. The van der Waals surface area contributed by atoms with Crippen LogP contribution in [-0.4, -0.2) is 40.1 Å². The average Bonchev–Trinajstić information content (AvgIpc) is 2.75. The van der Waals surface area contributed by atoms with Gasteiger partial charge < -0.3 is 9.64 Å². The third kappa shape index (κ3) is 4.59. The number of nitrogens with zero attached hydrogens (tertiary/aromatic N) is 4. The van der Waals surface area contributed by atoms with Crippen LogP contribution in [0.2, 0.25) is 0 Å². The highest BCUT2D eigenvalue weighted by Crippen LogP contribution is 2.28. The monoisotopic (exact) mass is 402 g/mol. The summed E-state index contributed by atoms with van der Waals surface area (Å²) in [7, 11) is 0. The second-order valence-corrected chi connectivity index (χ2v) is 7.55. The Labute approximate surface area is 177 Å². The van der Waals surface area contributed by atoms with Crippen molar-refractivity contribution < 1.29 is 9.53 Å². The first-order valence-corrected chi connectivity index (χ1v) is 10.3. The van der Waals surface area contributed by atoms with Crippen LogP contribution in [0.15, 0.2) is 66.7 Å². The van der Waals surface area contributed by atoms with Crippen LogP contribution in [0.4, 0.5) is 16.2 Å². The molecule has 6 nitrogen and oxygen atoms in total. The van der Waals surface area contributed by atoms with Gasteiger partial charge in [-0.25, -0.2) is 14.8 Å². The molecule has 154 valence electrons. The van der Waals surface area contributed by atoms with Gasteiger partial charge in [0.1, 0.15) is 6.10 Å². The number of likely N-dealkylation sites (tertiary alicyclic amines) is 1. The topological polar surface area (TPSA) is 58.6 Å². The van der Waals surface area contributed by atoms with E-state index >= 15 is 0 Å². The highest BCUT2D eigenvalue weighted by atomic mass is 16.5. The van der Waals surface area contributed by atoms with Crippen LogP contribution in [0.1, 0.15) is 24.2 Å². The first-order chi connectivity index (χ1) is 14.6. The van der Waals surface area contributed by atoms with Crippen molar-refractivity contribution in [3.63, 3.8) is 0 Å². The van der Waals surface area contributed by atoms with Gasteiger partial charge in [0, 0.05) is 17.9 Å². The van der Waals surface area contributed by atoms with Crippen LogP contribution in [0.3, 0.4) is 0 Å². The fourth-order valence-electron chi connectivity index (χ4n) is 3.77. The molecular formula is C24H26N4O2. The van der Waals surface area contributed by atoms with Crippen LogP contribution in [0.5, 0.6) is 6.01 Å². The predicted octanol–water partition coefficient (Wildman–Crippen LogP) is 4.89. The van der Waals surface area contributed by atoms with E-state index in [4.69, 9.17) is 4.74 Å². The maximum Gasteiger partial charge on any atom is 0.329 e. The average molecular weight is 402 g/mol. The Kier molecular flexibility index (Phi) is 5.93. The maximum atomic E-state index is 13.6. The second kappa shape index (κ2) is 8.95. The van der Waals surface area contributed by atoms with E-state index in [0.29, 0.717) is 19.1 Å². The summed E-state index contributed by atoms with van der Waals surface area (Å²) in [6.07, 6.45) is 1.62. The lowest BCUT2D eigenvalue weighted by atomic mass is 10.1. The van der Waals surface area contributed by atoms with Crippen molar-refractivity contribution >= 4 is 17.4 Å². The highest BCUT2D eigenvalue weighted by Gasteiger charge is 2.30. The minimum absolute atomic E-state index is 0.0537. The molecule has 1 aromatic heterocycles. The van der Waals surface area contributed by atoms with Gasteiger partial charge in [-0.05, 0) is 57.0 Å². The van der Waals surface area contributed by atoms with Crippen LogP contribution >= 0.6 is 0 Å². The van der Waals surface area contributed by atoms with E-state index < -0.39 is 0 Å². The molecule has 6 heteroatoms. The lowest BCUT2D eigenvalue weighted by molar-refractivity contribution is 0.0966. The zero-order valence-electron chi connectivity index (χ0n) is 17.4. The van der Waals surface area contributed by atoms with E-state index in [1.807, 2.05) is 85.5 Å². The number of hydrogen-bond acceptors (Lipinski definition) is 4. The molecule has 0 aliphatic carbocycles. The number of benzene rings is 2. The Bertz CT molecular complexity index is 935. The molecule has 2 heterocycles. The van der Waals surface area contributed by atoms with Gasteiger partial charge >= 0.3 is 12.0 Å². The number of amides is 2. The van der Waals surface area contributed by atoms with E-state index in [1.165, 1.54) is 0 Å². The summed E-state index contributed by atoms with van der Waals surface area (Å²) in [6, 6.07) is 21.7. The molecule has 0 bridgehead atoms. The van der Waals surface area contributed by atoms with Gasteiger partial charge in [-0.3, -0.25) is 4.90 Å². The number of rotatable bonds is 4. The first-order valence-electron chi connectivity index (χ1n) is 10.3. The normalized spacial score (nSPS) is 16.2. The van der Waals surface area contributed by atoms with Gasteiger partial charge in [0.15, 0.2) is 0 Å². The molecule has 0 N–H and O–H groups in total. The molecular weight excluding hydrogens is 376 g/mol. The molecule has 0 radical (unpaired) electrons. The summed E-state index contributed by atoms with van der Waals surface area (Å²) in [6.45, 7) is 5.06. The van der Waals surface area contributed by atoms with Crippen molar-refractivity contribution in [1.29, 1.82) is 0 Å². The summed E-state index contributed by atoms with van der Waals surface area (Å²) in [5.41, 5.74) is 3.44. The van der Waals surface area contributed by atoms with Gasteiger partial charge in [-0.2, -0.15) is 0 Å². The molecule has 1 saturated heterocycles. The number of carbonyl (C=O) groups excluding carboxylic acids is 1. The smallest absolute Gasteiger partial charge is 0.329 e. The van der Waals surface area contributed by atoms with Crippen molar-refractivity contribution in [1.82, 2.24) is 14.9 Å². The number of anilines is 2. The molecule has 30 heavy (non-hydrogen) atoms. The number of urea groups is 1. The number of ether oxygens (including phenoxy) is 1. The molecule has 2 aromatic carbocycles. The van der Waals surface area contributed by atoms with Gasteiger partial charge in [-0.1, -0.05) is 36.4 Å². The van der Waals surface area contributed by atoms with Crippen LogP contribution < -0.4 is 9.64 Å². The molecule has 2 amide bonds. The van der Waals surface area contributed by atoms with Crippen LogP contribution in [0, 0.1) is 13.8 Å². The number of hydrogen-bond donors (Lipinski definition) is 0. The summed E-state index contributed by atoms with van der Waals surface area (Å²) in [4.78, 5) is 26.0. The molecule has 1 unspecified atom stereocenters. The maximum absolute atomic E-state index is 13.6. The van der Waals surface area contributed by atoms with Gasteiger partial charge in [0.05, 0.1) is 17.9 Å². The summed E-state index contributed by atoms with van der Waals surface area (Å²) < 4.78 is 6.05. The zero-order valence-corrected chi connectivity index (χ0v) is 17.4. The zero-order chi connectivity index (χ0) is 20.9. The van der Waals surface area contributed by atoms with E-state index in [9.17, 15) is 4.79 Å². The minimum atomic E-state index is -0.128. The van der Waals surface area contributed by atoms with E-state index in [1.54, 1.807) is 4.90 Å². The lowest BCUT2D eigenvalue weighted by Crippen LogP contribution is -2.49. The quantitative estimate of drug-likeness (QED) is 0.623. The lowest BCUT2D eigenvalue weighted by Gasteiger charge is -2.36. The number of carbonyl (C=O) groups is 1. The van der Waals surface area contributed by atoms with Crippen LogP contribution in [-0.2, 0) is 0 Å². The Morgan fingerprint density at radius 3 is 2.10 bits per heavy atom. The number of para-hydroxylation sites is 2. The number of aryl methyl sites for hydroxylation is 2. The SMILES string of the molecule is Cc1cc(C)nc(OC2CCCN(C(=O)N(c3ccccc3)c3ccccc3)C2)n1. The molecule has 4 rings (SSSR count). The van der Waals surface area contributed by atoms with Crippen molar-refractivity contribution in [2.24, 2.45) is 0 Å². The second-order valence-electron chi connectivity index (χ2n) is 7.55. The first kappa shape index (κ1) is 19.9. The molecule has 1 fully saturated rings. The van der Waals surface area contributed by atoms with E-state index in [2.05, 4.69) is 9.97 Å². The standard InChI is InChI=1S/C24H26N4O2/c1-18-16-19(2)26-23(25-18)30-22-14-9-15-27(17-22)24(29)28(20-10-5-3-6-11-20)21-12-7-4-8-13-21/h3-8,10-13,16,22H,9,14-15,17H2,1-2H3. The summed E-state index contributed by atoms with van der Waals surface area (Å²) >= 11 is 0. The van der Waals surface area contributed by atoms with E-state index in [0.717, 1.165) is 35.6 Å². The van der Waals surface area contributed by atoms with Gasteiger partial charge in [-0.15, -0.1) is 0 Å². The third-order valence-electron chi connectivity index (χ3n) is 5.10. The highest BCUT2D eigenvalue weighted by molar-refractivity contribution is 5.99. The fraction of sp³-hybridized carbons (Fsp3) is 0.292. The third-order valence-corrected chi connectivity index (χ3v) is 5.10. The Hall–Kier alpha value is -3.41. The molecule has 0 spiro atoms. The molecule has 0 saturated carbocycles. The minimum Gasteiger partial charge on any atom is -0.458 e. The van der Waals surface area contributed by atoms with Crippen molar-refractivity contribution in [3.8, 4) is 6.01 Å².